The van der Waals surface area contributed by atoms with Gasteiger partial charge in [-0.1, -0.05) is 6.07 Å². The number of amides is 1. The van der Waals surface area contributed by atoms with E-state index in [0.29, 0.717) is 25.0 Å². The Labute approximate surface area is 180 Å². The largest absolute Gasteiger partial charge is 0.494 e. The summed E-state index contributed by atoms with van der Waals surface area (Å²) in [6.45, 7) is 3.02. The minimum atomic E-state index is -3.76. The molecule has 1 amide bonds. The standard InChI is InChI=1S/C21H24N4O5S/c1-3-29-17-9-7-16(8-10-17)24(2)21(26)15-11-13-25(14-12-15)31(27,28)19-6-4-5-18-20(19)23-30-22-18/h4-10,15H,3,11-14H2,1-2H3. The van der Waals surface area contributed by atoms with E-state index in [4.69, 9.17) is 4.74 Å². The van der Waals surface area contributed by atoms with E-state index in [-0.39, 0.29) is 35.3 Å². The van der Waals surface area contributed by atoms with Gasteiger partial charge in [0.1, 0.15) is 16.2 Å². The number of piperidine rings is 1. The van der Waals surface area contributed by atoms with Gasteiger partial charge in [-0.3, -0.25) is 4.79 Å². The quantitative estimate of drug-likeness (QED) is 0.575. The van der Waals surface area contributed by atoms with Gasteiger partial charge in [-0.05, 0) is 66.5 Å². The molecule has 0 aliphatic carbocycles. The molecule has 1 aliphatic rings. The highest BCUT2D eigenvalue weighted by Crippen LogP contribution is 2.29. The molecule has 0 atom stereocenters. The summed E-state index contributed by atoms with van der Waals surface area (Å²) in [5.41, 5.74) is 1.38. The molecule has 1 aliphatic heterocycles. The molecule has 1 aromatic heterocycles. The maximum Gasteiger partial charge on any atom is 0.245 e. The molecule has 0 radical (unpaired) electrons. The number of nitrogens with zero attached hydrogens (tertiary/aromatic N) is 4. The van der Waals surface area contributed by atoms with Crippen LogP contribution in [0.3, 0.4) is 0 Å². The van der Waals surface area contributed by atoms with Crippen LogP contribution in [-0.2, 0) is 14.8 Å². The van der Waals surface area contributed by atoms with Gasteiger partial charge in [0.15, 0.2) is 5.52 Å². The first kappa shape index (κ1) is 21.3. The van der Waals surface area contributed by atoms with Gasteiger partial charge in [0.05, 0.1) is 6.61 Å². The fraction of sp³-hybridized carbons (Fsp3) is 0.381. The minimum Gasteiger partial charge on any atom is -0.494 e. The number of carbonyl (C=O) groups is 1. The highest BCUT2D eigenvalue weighted by molar-refractivity contribution is 7.89. The molecule has 1 saturated heterocycles. The Bertz CT molecular complexity index is 1170. The molecule has 31 heavy (non-hydrogen) atoms. The lowest BCUT2D eigenvalue weighted by molar-refractivity contribution is -0.123. The zero-order chi connectivity index (χ0) is 22.0. The second-order valence-electron chi connectivity index (χ2n) is 7.39. The van der Waals surface area contributed by atoms with Crippen LogP contribution in [0.4, 0.5) is 5.69 Å². The number of benzene rings is 2. The van der Waals surface area contributed by atoms with Crippen LogP contribution < -0.4 is 9.64 Å². The van der Waals surface area contributed by atoms with Gasteiger partial charge in [-0.2, -0.15) is 4.31 Å². The molecular formula is C21H24N4O5S. The van der Waals surface area contributed by atoms with E-state index in [2.05, 4.69) is 14.9 Å². The molecule has 164 valence electrons. The van der Waals surface area contributed by atoms with Crippen molar-refractivity contribution in [2.45, 2.75) is 24.7 Å². The summed E-state index contributed by atoms with van der Waals surface area (Å²) in [5.74, 6) is 0.486. The lowest BCUT2D eigenvalue weighted by Gasteiger charge is -2.32. The normalized spacial score (nSPS) is 15.8. The summed E-state index contributed by atoms with van der Waals surface area (Å²) >= 11 is 0. The fourth-order valence-electron chi connectivity index (χ4n) is 3.81. The second-order valence-corrected chi connectivity index (χ2v) is 9.30. The third kappa shape index (κ3) is 4.13. The average Bonchev–Trinajstić information content (AvgIpc) is 3.28. The number of rotatable bonds is 6. The second kappa shape index (κ2) is 8.64. The summed E-state index contributed by atoms with van der Waals surface area (Å²) in [6, 6.07) is 12.1. The molecule has 10 heteroatoms. The molecule has 1 fully saturated rings. The highest BCUT2D eigenvalue weighted by Gasteiger charge is 2.34. The van der Waals surface area contributed by atoms with Crippen molar-refractivity contribution >= 4 is 32.7 Å². The molecule has 3 aromatic rings. The van der Waals surface area contributed by atoms with Crippen LogP contribution in [-0.4, -0.2) is 55.7 Å². The predicted molar refractivity (Wildman–Crippen MR) is 114 cm³/mol. The molecule has 0 N–H and O–H groups in total. The molecule has 4 rings (SSSR count). The van der Waals surface area contributed by atoms with E-state index in [1.165, 1.54) is 10.4 Å². The lowest BCUT2D eigenvalue weighted by Crippen LogP contribution is -2.43. The zero-order valence-corrected chi connectivity index (χ0v) is 18.2. The van der Waals surface area contributed by atoms with Gasteiger partial charge in [0.25, 0.3) is 0 Å². The fourth-order valence-corrected chi connectivity index (χ4v) is 5.41. The van der Waals surface area contributed by atoms with Crippen molar-refractivity contribution in [3.8, 4) is 5.75 Å². The van der Waals surface area contributed by atoms with Crippen LogP contribution in [0, 0.1) is 5.92 Å². The molecule has 0 bridgehead atoms. The molecule has 2 heterocycles. The molecule has 9 nitrogen and oxygen atoms in total. The zero-order valence-electron chi connectivity index (χ0n) is 17.4. The molecular weight excluding hydrogens is 420 g/mol. The summed E-state index contributed by atoms with van der Waals surface area (Å²) in [7, 11) is -2.02. The Morgan fingerprint density at radius 2 is 1.87 bits per heavy atom. The molecule has 0 spiro atoms. The van der Waals surface area contributed by atoms with E-state index < -0.39 is 10.0 Å². The van der Waals surface area contributed by atoms with Crippen LogP contribution in [0.2, 0.25) is 0 Å². The summed E-state index contributed by atoms with van der Waals surface area (Å²) < 4.78 is 37.8. The van der Waals surface area contributed by atoms with Crippen molar-refractivity contribution in [3.63, 3.8) is 0 Å². The Morgan fingerprint density at radius 1 is 1.16 bits per heavy atom. The van der Waals surface area contributed by atoms with Crippen molar-refractivity contribution in [2.75, 3.05) is 31.6 Å². The third-order valence-corrected chi connectivity index (χ3v) is 7.47. The van der Waals surface area contributed by atoms with E-state index in [1.54, 1.807) is 24.1 Å². The number of carbonyl (C=O) groups excluding carboxylic acids is 1. The van der Waals surface area contributed by atoms with E-state index >= 15 is 0 Å². The number of ether oxygens (including phenoxy) is 1. The van der Waals surface area contributed by atoms with Crippen LogP contribution in [0.5, 0.6) is 5.75 Å². The van der Waals surface area contributed by atoms with Crippen molar-refractivity contribution in [2.24, 2.45) is 5.92 Å². The van der Waals surface area contributed by atoms with Crippen LogP contribution in [0.25, 0.3) is 11.0 Å². The maximum atomic E-state index is 13.1. The molecule has 2 aromatic carbocycles. The highest BCUT2D eigenvalue weighted by atomic mass is 32.2. The Balaban J connectivity index is 1.43. The first-order valence-electron chi connectivity index (χ1n) is 10.1. The number of hydrogen-bond donors (Lipinski definition) is 0. The van der Waals surface area contributed by atoms with Crippen molar-refractivity contribution in [3.05, 3.63) is 42.5 Å². The summed E-state index contributed by atoms with van der Waals surface area (Å²) in [5, 5.41) is 7.45. The first-order valence-corrected chi connectivity index (χ1v) is 11.6. The topological polar surface area (TPSA) is 106 Å². The van der Waals surface area contributed by atoms with Gasteiger partial charge in [-0.25, -0.2) is 13.0 Å². The van der Waals surface area contributed by atoms with Gasteiger partial charge >= 0.3 is 0 Å². The number of anilines is 1. The first-order chi connectivity index (χ1) is 14.9. The Kier molecular flexibility index (Phi) is 5.92. The van der Waals surface area contributed by atoms with Gasteiger partial charge in [-0.15, -0.1) is 0 Å². The molecule has 0 unspecified atom stereocenters. The van der Waals surface area contributed by atoms with Crippen LogP contribution >= 0.6 is 0 Å². The Morgan fingerprint density at radius 3 is 2.55 bits per heavy atom. The van der Waals surface area contributed by atoms with Crippen LogP contribution in [0.1, 0.15) is 19.8 Å². The van der Waals surface area contributed by atoms with E-state index in [9.17, 15) is 13.2 Å². The van der Waals surface area contributed by atoms with Crippen molar-refractivity contribution in [1.82, 2.24) is 14.6 Å². The third-order valence-electron chi connectivity index (χ3n) is 5.54. The number of hydrogen-bond acceptors (Lipinski definition) is 7. The smallest absolute Gasteiger partial charge is 0.245 e. The maximum absolute atomic E-state index is 13.1. The van der Waals surface area contributed by atoms with Gasteiger partial charge < -0.3 is 9.64 Å². The monoisotopic (exact) mass is 444 g/mol. The SMILES string of the molecule is CCOc1ccc(N(C)C(=O)C2CCN(S(=O)(=O)c3cccc4nonc34)CC2)cc1. The summed E-state index contributed by atoms with van der Waals surface area (Å²) in [4.78, 5) is 14.7. The number of aromatic nitrogens is 2. The number of sulfonamides is 1. The van der Waals surface area contributed by atoms with Crippen LogP contribution in [0.15, 0.2) is 52.0 Å². The Hall–Kier alpha value is -2.98. The van der Waals surface area contributed by atoms with E-state index in [1.807, 2.05) is 31.2 Å². The average molecular weight is 445 g/mol. The van der Waals surface area contributed by atoms with Gasteiger partial charge in [0, 0.05) is 31.7 Å². The summed E-state index contributed by atoms with van der Waals surface area (Å²) in [6.07, 6.45) is 0.902. The van der Waals surface area contributed by atoms with Crippen molar-refractivity contribution < 1.29 is 22.6 Å². The van der Waals surface area contributed by atoms with Crippen molar-refractivity contribution in [1.29, 1.82) is 0 Å². The van der Waals surface area contributed by atoms with Gasteiger partial charge in [0.2, 0.25) is 15.9 Å². The van der Waals surface area contributed by atoms with E-state index in [0.717, 1.165) is 11.4 Å². The minimum absolute atomic E-state index is 0.0241. The lowest BCUT2D eigenvalue weighted by atomic mass is 9.96. The molecule has 0 saturated carbocycles. The predicted octanol–water partition coefficient (Wildman–Crippen LogP) is 2.69. The number of fused-ring (bicyclic) bond motifs is 1.